The fourth-order valence-electron chi connectivity index (χ4n) is 4.97. The predicted octanol–water partition coefficient (Wildman–Crippen LogP) is 2.56. The van der Waals surface area contributed by atoms with Crippen LogP contribution in [0.3, 0.4) is 0 Å². The summed E-state index contributed by atoms with van der Waals surface area (Å²) in [5, 5.41) is 11.2. The van der Waals surface area contributed by atoms with Crippen molar-refractivity contribution in [2.45, 2.75) is 24.5 Å². The van der Waals surface area contributed by atoms with Crippen LogP contribution in [0.4, 0.5) is 10.1 Å². The number of aliphatic hydroxyl groups excluding tert-OH is 1. The monoisotopic (exact) mass is 436 g/mol. The highest BCUT2D eigenvalue weighted by Crippen LogP contribution is 2.53. The summed E-state index contributed by atoms with van der Waals surface area (Å²) >= 11 is 0. The lowest BCUT2D eigenvalue weighted by Gasteiger charge is -2.35. The molecule has 0 saturated carbocycles. The van der Waals surface area contributed by atoms with Gasteiger partial charge >= 0.3 is 0 Å². The van der Waals surface area contributed by atoms with Crippen molar-refractivity contribution in [1.29, 1.82) is 0 Å². The molecule has 32 heavy (non-hydrogen) atoms. The Morgan fingerprint density at radius 1 is 1.16 bits per heavy atom. The van der Waals surface area contributed by atoms with Crippen molar-refractivity contribution < 1.29 is 28.6 Å². The van der Waals surface area contributed by atoms with Crippen molar-refractivity contribution in [3.63, 3.8) is 0 Å². The molecule has 7 nitrogen and oxygen atoms in total. The van der Waals surface area contributed by atoms with Crippen molar-refractivity contribution in [2.75, 3.05) is 25.1 Å². The van der Waals surface area contributed by atoms with E-state index in [1.54, 1.807) is 31.3 Å². The third-order valence-corrected chi connectivity index (χ3v) is 6.47. The second-order valence-electron chi connectivity index (χ2n) is 8.20. The van der Waals surface area contributed by atoms with Crippen molar-refractivity contribution in [3.8, 4) is 0 Å². The number of halogens is 1. The van der Waals surface area contributed by atoms with E-state index < -0.39 is 34.7 Å². The highest BCUT2D eigenvalue weighted by molar-refractivity contribution is 6.50. The molecule has 2 atom stereocenters. The summed E-state index contributed by atoms with van der Waals surface area (Å²) in [5.74, 6) is -3.38. The largest absolute Gasteiger partial charge is 0.507 e. The van der Waals surface area contributed by atoms with Crippen molar-refractivity contribution >= 4 is 29.0 Å². The minimum Gasteiger partial charge on any atom is -0.507 e. The normalized spacial score (nSPS) is 26.4. The van der Waals surface area contributed by atoms with E-state index >= 15 is 0 Å². The Morgan fingerprint density at radius 3 is 2.56 bits per heavy atom. The van der Waals surface area contributed by atoms with Crippen LogP contribution in [0.5, 0.6) is 0 Å². The number of carbonyl (C=O) groups is 3. The lowest BCUT2D eigenvalue weighted by molar-refractivity contribution is -0.145. The molecule has 1 spiro atoms. The van der Waals surface area contributed by atoms with Crippen LogP contribution in [0.2, 0.25) is 0 Å². The van der Waals surface area contributed by atoms with Crippen molar-refractivity contribution in [3.05, 3.63) is 71.0 Å². The molecule has 0 aromatic heterocycles. The fourth-order valence-corrected chi connectivity index (χ4v) is 4.97. The van der Waals surface area contributed by atoms with Gasteiger partial charge in [0.2, 0.25) is 0 Å². The Balaban J connectivity index is 1.79. The van der Waals surface area contributed by atoms with Crippen LogP contribution in [0, 0.1) is 5.82 Å². The molecule has 3 heterocycles. The van der Waals surface area contributed by atoms with Crippen molar-refractivity contribution in [1.82, 2.24) is 4.90 Å². The minimum atomic E-state index is -1.82. The number of likely N-dealkylation sites (N-methyl/N-ethyl adjacent to an activating group) is 1. The van der Waals surface area contributed by atoms with Gasteiger partial charge in [0.05, 0.1) is 11.7 Å². The molecule has 1 N–H and O–H groups in total. The number of benzene rings is 2. The first-order valence-electron chi connectivity index (χ1n) is 10.4. The third-order valence-electron chi connectivity index (χ3n) is 6.47. The first-order valence-corrected chi connectivity index (χ1v) is 10.4. The minimum absolute atomic E-state index is 0.0404. The van der Waals surface area contributed by atoms with Crippen LogP contribution in [-0.2, 0) is 24.7 Å². The van der Waals surface area contributed by atoms with E-state index in [9.17, 15) is 23.9 Å². The number of fused-ring (bicyclic) bond motifs is 2. The molecule has 5 rings (SSSR count). The molecule has 2 aromatic carbocycles. The number of rotatable bonds is 3. The highest BCUT2D eigenvalue weighted by atomic mass is 19.1. The summed E-state index contributed by atoms with van der Waals surface area (Å²) < 4.78 is 19.2. The Kier molecular flexibility index (Phi) is 4.63. The van der Waals surface area contributed by atoms with Gasteiger partial charge in [0.1, 0.15) is 11.6 Å². The molecule has 8 heteroatoms. The van der Waals surface area contributed by atoms with Gasteiger partial charge in [-0.3, -0.25) is 14.4 Å². The van der Waals surface area contributed by atoms with Gasteiger partial charge in [-0.2, -0.15) is 0 Å². The number of ether oxygens (including phenoxy) is 1. The van der Waals surface area contributed by atoms with Crippen LogP contribution in [0.15, 0.2) is 54.1 Å². The van der Waals surface area contributed by atoms with Crippen LogP contribution in [-0.4, -0.2) is 53.9 Å². The van der Waals surface area contributed by atoms with E-state index in [1.165, 1.54) is 21.9 Å². The summed E-state index contributed by atoms with van der Waals surface area (Å²) in [6.07, 6.45) is 1.20. The molecule has 2 amide bonds. The molecule has 3 aliphatic heterocycles. The summed E-state index contributed by atoms with van der Waals surface area (Å²) in [6, 6.07) is 11.8. The molecular weight excluding hydrogens is 415 g/mol. The number of aliphatic hydroxyl groups is 1. The summed E-state index contributed by atoms with van der Waals surface area (Å²) in [4.78, 5) is 43.0. The van der Waals surface area contributed by atoms with Crippen LogP contribution < -0.4 is 4.90 Å². The maximum absolute atomic E-state index is 13.8. The number of ketones is 1. The molecule has 2 fully saturated rings. The first-order chi connectivity index (χ1) is 15.4. The van der Waals surface area contributed by atoms with Gasteiger partial charge in [-0.05, 0) is 43.2 Å². The molecule has 3 aliphatic rings. The third kappa shape index (κ3) is 2.65. The second kappa shape index (κ2) is 7.27. The molecule has 164 valence electrons. The zero-order chi connectivity index (χ0) is 22.6. The van der Waals surface area contributed by atoms with Gasteiger partial charge in [-0.25, -0.2) is 4.39 Å². The predicted molar refractivity (Wildman–Crippen MR) is 113 cm³/mol. The van der Waals surface area contributed by atoms with Gasteiger partial charge in [-0.15, -0.1) is 0 Å². The van der Waals surface area contributed by atoms with Gasteiger partial charge in [0.25, 0.3) is 17.6 Å². The maximum atomic E-state index is 13.8. The number of nitrogens with zero attached hydrogens (tertiary/aromatic N) is 2. The first kappa shape index (κ1) is 20.4. The Labute approximate surface area is 183 Å². The SMILES string of the molecule is CN1C(=O)C2(/C(=C(\O)c3ccc(F)cc3)C(=O)C(=O)N2CC2CCCO2)c2ccccc21. The number of likely N-dealkylation sites (tertiary alicyclic amines) is 1. The van der Waals surface area contributed by atoms with E-state index in [1.807, 2.05) is 0 Å². The van der Waals surface area contributed by atoms with Crippen molar-refractivity contribution in [2.24, 2.45) is 0 Å². The maximum Gasteiger partial charge on any atom is 0.296 e. The van der Waals surface area contributed by atoms with Crippen LogP contribution in [0.1, 0.15) is 24.0 Å². The quantitative estimate of drug-likeness (QED) is 0.454. The van der Waals surface area contributed by atoms with Gasteiger partial charge < -0.3 is 19.6 Å². The lowest BCUT2D eigenvalue weighted by Crippen LogP contribution is -2.53. The lowest BCUT2D eigenvalue weighted by atomic mass is 9.81. The average Bonchev–Trinajstić information content (AvgIpc) is 3.45. The van der Waals surface area contributed by atoms with E-state index in [4.69, 9.17) is 4.74 Å². The molecule has 2 aromatic rings. The van der Waals surface area contributed by atoms with E-state index in [0.29, 0.717) is 24.3 Å². The Morgan fingerprint density at radius 2 is 1.88 bits per heavy atom. The number of para-hydroxylation sites is 1. The Bertz CT molecular complexity index is 1170. The number of Topliss-reactive ketones (excluding diaryl/α,β-unsaturated/α-hetero) is 1. The van der Waals surface area contributed by atoms with E-state index in [0.717, 1.165) is 18.6 Å². The summed E-state index contributed by atoms with van der Waals surface area (Å²) in [7, 11) is 1.57. The van der Waals surface area contributed by atoms with Gasteiger partial charge in [0, 0.05) is 37.0 Å². The van der Waals surface area contributed by atoms with Gasteiger partial charge in [0.15, 0.2) is 5.54 Å². The van der Waals surface area contributed by atoms with E-state index in [2.05, 4.69) is 0 Å². The standard InChI is InChI=1S/C24H21FN2O5/c1-26-18-7-3-2-6-17(18)24(23(26)31)19(20(28)14-8-10-15(25)11-9-14)21(29)22(30)27(24)13-16-5-4-12-32-16/h2-3,6-11,16,28H,4-5,12-13H2,1H3/b20-19-. The number of hydrogen-bond acceptors (Lipinski definition) is 5. The zero-order valence-corrected chi connectivity index (χ0v) is 17.4. The molecule has 2 unspecified atom stereocenters. The van der Waals surface area contributed by atoms with E-state index in [-0.39, 0.29) is 23.8 Å². The average molecular weight is 436 g/mol. The number of carbonyl (C=O) groups excluding carboxylic acids is 3. The summed E-state index contributed by atoms with van der Waals surface area (Å²) in [5.41, 5.74) is -1.01. The molecule has 0 aliphatic carbocycles. The molecule has 0 radical (unpaired) electrons. The Hall–Kier alpha value is -3.52. The van der Waals surface area contributed by atoms with Crippen LogP contribution in [0.25, 0.3) is 5.76 Å². The number of anilines is 1. The number of amides is 2. The topological polar surface area (TPSA) is 87.2 Å². The molecule has 2 saturated heterocycles. The zero-order valence-electron chi connectivity index (χ0n) is 17.4. The number of hydrogen-bond donors (Lipinski definition) is 1. The molecular formula is C24H21FN2O5. The second-order valence-corrected chi connectivity index (χ2v) is 8.20. The highest BCUT2D eigenvalue weighted by Gasteiger charge is 2.66. The fraction of sp³-hybridized carbons (Fsp3) is 0.292. The molecule has 0 bridgehead atoms. The van der Waals surface area contributed by atoms with Crippen LogP contribution >= 0.6 is 0 Å². The summed E-state index contributed by atoms with van der Waals surface area (Å²) in [6.45, 7) is 0.584. The smallest absolute Gasteiger partial charge is 0.296 e. The van der Waals surface area contributed by atoms with Gasteiger partial charge in [-0.1, -0.05) is 18.2 Å².